The second-order valence-electron chi connectivity index (χ2n) is 10.8. The number of pyridine rings is 1. The number of rotatable bonds is 5. The Morgan fingerprint density at radius 1 is 0.628 bits per heavy atom. The van der Waals surface area contributed by atoms with E-state index in [1.165, 1.54) is 27.8 Å². The zero-order valence-corrected chi connectivity index (χ0v) is 27.6. The summed E-state index contributed by atoms with van der Waals surface area (Å²) in [6.45, 7) is 10.5. The smallest absolute Gasteiger partial charge is 0.0751 e. The van der Waals surface area contributed by atoms with Crippen molar-refractivity contribution >= 4 is 0 Å². The molecule has 0 bridgehead atoms. The van der Waals surface area contributed by atoms with Crippen molar-refractivity contribution in [3.05, 3.63) is 150 Å². The van der Waals surface area contributed by atoms with Crippen molar-refractivity contribution in [2.75, 3.05) is 0 Å². The van der Waals surface area contributed by atoms with Crippen molar-refractivity contribution in [2.45, 2.75) is 40.5 Å². The predicted octanol–water partition coefficient (Wildman–Crippen LogP) is 9.87. The number of hydrogen-bond donors (Lipinski definition) is 0. The van der Waals surface area contributed by atoms with E-state index in [4.69, 9.17) is 0 Å². The Labute approximate surface area is 269 Å². The molecule has 0 spiro atoms. The summed E-state index contributed by atoms with van der Waals surface area (Å²) in [6.07, 6.45) is 3.82. The van der Waals surface area contributed by atoms with Gasteiger partial charge in [-0.2, -0.15) is 0 Å². The van der Waals surface area contributed by atoms with Crippen LogP contribution in [0.3, 0.4) is 0 Å². The van der Waals surface area contributed by atoms with E-state index in [0.29, 0.717) is 5.92 Å². The first-order valence-corrected chi connectivity index (χ1v) is 14.3. The number of benzene rings is 4. The molecule has 2 heterocycles. The van der Waals surface area contributed by atoms with Gasteiger partial charge in [-0.1, -0.05) is 97.3 Å². The molecule has 43 heavy (non-hydrogen) atoms. The molecule has 217 valence electrons. The largest absolute Gasteiger partial charge is 0.304 e. The molecule has 3 nitrogen and oxygen atoms in total. The molecule has 0 unspecified atom stereocenters. The van der Waals surface area contributed by atoms with Crippen molar-refractivity contribution in [1.29, 1.82) is 0 Å². The zero-order valence-electron chi connectivity index (χ0n) is 25.2. The molecule has 0 aliphatic carbocycles. The normalized spacial score (nSPS) is 10.5. The summed E-state index contributed by atoms with van der Waals surface area (Å²) in [7, 11) is 0. The average Bonchev–Trinajstić information content (AvgIpc) is 3.04. The third-order valence-electron chi connectivity index (χ3n) is 7.30. The maximum atomic E-state index is 4.55. The van der Waals surface area contributed by atoms with E-state index in [9.17, 15) is 0 Å². The first-order chi connectivity index (χ1) is 20.4. The van der Waals surface area contributed by atoms with Crippen LogP contribution in [-0.2, 0) is 20.1 Å². The Balaban J connectivity index is 0.000000193. The van der Waals surface area contributed by atoms with E-state index in [-0.39, 0.29) is 20.1 Å². The molecule has 0 aliphatic rings. The third kappa shape index (κ3) is 8.19. The first-order valence-electron chi connectivity index (χ1n) is 14.3. The van der Waals surface area contributed by atoms with Crippen LogP contribution in [0.4, 0.5) is 0 Å². The SMILES string of the molecule is Cc1ccc(-c2c[c-]c(-c3ccc(C(C)C)cn3)cc2)cc1.Cc1cnc(-c2[c-]ccc(-c3ccccc3)c2)nc1C.[Ir]. The number of aromatic nitrogens is 3. The summed E-state index contributed by atoms with van der Waals surface area (Å²) in [5, 5.41) is 0. The first kappa shape index (κ1) is 31.7. The quantitative estimate of drug-likeness (QED) is 0.166. The van der Waals surface area contributed by atoms with E-state index in [2.05, 4.69) is 121 Å². The van der Waals surface area contributed by atoms with Crippen molar-refractivity contribution in [3.8, 4) is 44.9 Å². The molecule has 0 saturated heterocycles. The minimum atomic E-state index is 0. The van der Waals surface area contributed by atoms with Crippen LogP contribution in [0.2, 0.25) is 0 Å². The van der Waals surface area contributed by atoms with Gasteiger partial charge in [-0.05, 0) is 49.1 Å². The van der Waals surface area contributed by atoms with Crippen LogP contribution in [0.25, 0.3) is 44.9 Å². The summed E-state index contributed by atoms with van der Waals surface area (Å²) in [6, 6.07) is 42.0. The fourth-order valence-corrected chi connectivity index (χ4v) is 4.48. The summed E-state index contributed by atoms with van der Waals surface area (Å²) in [5.41, 5.74) is 12.3. The molecule has 2 aromatic heterocycles. The molecule has 0 fully saturated rings. The van der Waals surface area contributed by atoms with Gasteiger partial charge in [-0.3, -0.25) is 9.97 Å². The van der Waals surface area contributed by atoms with Crippen LogP contribution < -0.4 is 0 Å². The van der Waals surface area contributed by atoms with E-state index in [1.807, 2.05) is 56.6 Å². The number of nitrogens with zero attached hydrogens (tertiary/aromatic N) is 3. The Hall–Kier alpha value is -4.24. The van der Waals surface area contributed by atoms with Crippen LogP contribution in [0.1, 0.15) is 42.1 Å². The number of hydrogen-bond acceptors (Lipinski definition) is 3. The van der Waals surface area contributed by atoms with Crippen molar-refractivity contribution in [3.63, 3.8) is 0 Å². The average molecular weight is 738 g/mol. The molecule has 6 aromatic rings. The molecule has 0 N–H and O–H groups in total. The fourth-order valence-electron chi connectivity index (χ4n) is 4.48. The van der Waals surface area contributed by atoms with Gasteiger partial charge in [0.15, 0.2) is 0 Å². The second kappa shape index (κ2) is 14.8. The fraction of sp³-hybridized carbons (Fsp3) is 0.154. The summed E-state index contributed by atoms with van der Waals surface area (Å²) >= 11 is 0. The number of aryl methyl sites for hydroxylation is 3. The maximum absolute atomic E-state index is 4.55. The van der Waals surface area contributed by atoms with Crippen molar-refractivity contribution in [1.82, 2.24) is 15.0 Å². The molecule has 1 radical (unpaired) electrons. The third-order valence-corrected chi connectivity index (χ3v) is 7.30. The Morgan fingerprint density at radius 2 is 1.35 bits per heavy atom. The van der Waals surface area contributed by atoms with Gasteiger partial charge in [0.1, 0.15) is 0 Å². The van der Waals surface area contributed by atoms with Crippen LogP contribution in [0.5, 0.6) is 0 Å². The van der Waals surface area contributed by atoms with Crippen LogP contribution in [-0.4, -0.2) is 15.0 Å². The molecule has 0 aliphatic heterocycles. The molecule has 4 aromatic carbocycles. The molecule has 0 atom stereocenters. The van der Waals surface area contributed by atoms with E-state index >= 15 is 0 Å². The Kier molecular flexibility index (Phi) is 10.9. The monoisotopic (exact) mass is 738 g/mol. The van der Waals surface area contributed by atoms with E-state index in [1.54, 1.807) is 0 Å². The standard InChI is InChI=1S/C21H20N.C18H15N2.Ir/c1-15(2)20-12-13-21(22-14-20)19-10-8-18(9-11-19)17-6-4-16(3)5-7-17;1-13-12-19-18(20-14(13)2)17-10-6-9-16(11-17)15-7-4-3-5-8-15;/h4-10,12-15H,1-3H3;3-9,11-12H,1-2H3;/q2*-1;. The summed E-state index contributed by atoms with van der Waals surface area (Å²) in [4.78, 5) is 13.5. The minimum Gasteiger partial charge on any atom is -0.304 e. The van der Waals surface area contributed by atoms with Gasteiger partial charge in [0.25, 0.3) is 0 Å². The topological polar surface area (TPSA) is 38.7 Å². The van der Waals surface area contributed by atoms with Gasteiger partial charge in [0.2, 0.25) is 0 Å². The molecule has 4 heteroatoms. The van der Waals surface area contributed by atoms with E-state index < -0.39 is 0 Å². The summed E-state index contributed by atoms with van der Waals surface area (Å²) < 4.78 is 0. The summed E-state index contributed by atoms with van der Waals surface area (Å²) in [5.74, 6) is 1.24. The van der Waals surface area contributed by atoms with Gasteiger partial charge in [0, 0.05) is 38.2 Å². The minimum absolute atomic E-state index is 0. The van der Waals surface area contributed by atoms with Crippen LogP contribution >= 0.6 is 0 Å². The van der Waals surface area contributed by atoms with Gasteiger partial charge in [-0.25, -0.2) is 0 Å². The van der Waals surface area contributed by atoms with Gasteiger partial charge < -0.3 is 4.98 Å². The Morgan fingerprint density at radius 3 is 1.98 bits per heavy atom. The van der Waals surface area contributed by atoms with Crippen molar-refractivity contribution < 1.29 is 20.1 Å². The Bertz CT molecular complexity index is 1740. The van der Waals surface area contributed by atoms with E-state index in [0.717, 1.165) is 39.5 Å². The second-order valence-corrected chi connectivity index (χ2v) is 10.8. The molecular formula is C39H35IrN3-2. The molecule has 0 amide bonds. The van der Waals surface area contributed by atoms with Gasteiger partial charge >= 0.3 is 0 Å². The van der Waals surface area contributed by atoms with Gasteiger partial charge in [0.05, 0.1) is 5.82 Å². The molecular weight excluding hydrogens is 703 g/mol. The van der Waals surface area contributed by atoms with Crippen LogP contribution in [0.15, 0.2) is 116 Å². The maximum Gasteiger partial charge on any atom is 0.0751 e. The van der Waals surface area contributed by atoms with Crippen molar-refractivity contribution in [2.24, 2.45) is 0 Å². The van der Waals surface area contributed by atoms with Gasteiger partial charge in [-0.15, -0.1) is 65.2 Å². The molecule has 6 rings (SSSR count). The predicted molar refractivity (Wildman–Crippen MR) is 174 cm³/mol. The van der Waals surface area contributed by atoms with Crippen LogP contribution in [0, 0.1) is 32.9 Å². The molecule has 0 saturated carbocycles. The zero-order chi connectivity index (χ0) is 29.5.